The van der Waals surface area contributed by atoms with Gasteiger partial charge in [0.2, 0.25) is 0 Å². The Hall–Kier alpha value is -2.40. The zero-order chi connectivity index (χ0) is 18.7. The second-order valence-corrected chi connectivity index (χ2v) is 7.15. The van der Waals surface area contributed by atoms with Gasteiger partial charge in [0.1, 0.15) is 11.5 Å². The molecule has 4 nitrogen and oxygen atoms in total. The average Bonchev–Trinajstić information content (AvgIpc) is 2.88. The van der Waals surface area contributed by atoms with E-state index in [-0.39, 0.29) is 5.91 Å². The van der Waals surface area contributed by atoms with Crippen molar-refractivity contribution in [2.75, 3.05) is 0 Å². The lowest BCUT2D eigenvalue weighted by Gasteiger charge is -2.24. The highest BCUT2D eigenvalue weighted by atomic mass is 79.9. The minimum absolute atomic E-state index is 0.0571. The molecule has 0 fully saturated rings. The summed E-state index contributed by atoms with van der Waals surface area (Å²) in [6.45, 7) is 6.74. The highest BCUT2D eigenvalue weighted by Crippen LogP contribution is 2.29. The minimum atomic E-state index is -0.0571. The van der Waals surface area contributed by atoms with Gasteiger partial charge in [0.15, 0.2) is 0 Å². The normalized spacial score (nSPS) is 10.8. The Labute approximate surface area is 162 Å². The van der Waals surface area contributed by atoms with Crippen molar-refractivity contribution >= 4 is 21.8 Å². The smallest absolute Gasteiger partial charge is 0.259 e. The zero-order valence-corrected chi connectivity index (χ0v) is 16.7. The van der Waals surface area contributed by atoms with Gasteiger partial charge in [-0.05, 0) is 59.5 Å². The van der Waals surface area contributed by atoms with Gasteiger partial charge in [0.25, 0.3) is 5.91 Å². The van der Waals surface area contributed by atoms with E-state index in [0.29, 0.717) is 30.2 Å². The van der Waals surface area contributed by atoms with Crippen LogP contribution in [0, 0.1) is 20.8 Å². The third-order valence-corrected chi connectivity index (χ3v) is 5.36. The van der Waals surface area contributed by atoms with Crippen molar-refractivity contribution in [3.63, 3.8) is 0 Å². The molecule has 0 unspecified atom stereocenters. The third-order valence-electron chi connectivity index (χ3n) is 4.41. The van der Waals surface area contributed by atoms with Crippen molar-refractivity contribution in [1.29, 1.82) is 0 Å². The molecule has 2 aromatic heterocycles. The first-order valence-electron chi connectivity index (χ1n) is 8.45. The predicted octanol–water partition coefficient (Wildman–Crippen LogP) is 5.20. The molecule has 0 atom stereocenters. The summed E-state index contributed by atoms with van der Waals surface area (Å²) < 4.78 is 6.36. The zero-order valence-electron chi connectivity index (χ0n) is 15.1. The van der Waals surface area contributed by atoms with Crippen LogP contribution >= 0.6 is 15.9 Å². The van der Waals surface area contributed by atoms with E-state index >= 15 is 0 Å². The van der Waals surface area contributed by atoms with E-state index in [1.54, 1.807) is 12.4 Å². The summed E-state index contributed by atoms with van der Waals surface area (Å²) in [7, 11) is 0. The van der Waals surface area contributed by atoms with Gasteiger partial charge in [-0.1, -0.05) is 30.3 Å². The summed E-state index contributed by atoms with van der Waals surface area (Å²) in [5, 5.41) is 0. The number of halogens is 1. The molecule has 1 amide bonds. The number of furan rings is 1. The first kappa shape index (κ1) is 18.4. The standard InChI is InChI=1S/C21H21BrN2O2/c1-14-7-4-5-9-18(14)13-24(12-17-8-6-10-23-11-17)21(25)19-15(2)26-16(3)20(19)22/h4-11H,12-13H2,1-3H3. The topological polar surface area (TPSA) is 46.3 Å². The maximum Gasteiger partial charge on any atom is 0.259 e. The number of nitrogens with zero attached hydrogens (tertiary/aromatic N) is 2. The largest absolute Gasteiger partial charge is 0.465 e. The molecule has 0 aliphatic carbocycles. The molecule has 134 valence electrons. The van der Waals surface area contributed by atoms with E-state index in [4.69, 9.17) is 4.42 Å². The number of amides is 1. The molecule has 3 aromatic rings. The fourth-order valence-corrected chi connectivity index (χ4v) is 3.49. The fourth-order valence-electron chi connectivity index (χ4n) is 2.96. The predicted molar refractivity (Wildman–Crippen MR) is 105 cm³/mol. The number of aryl methyl sites for hydroxylation is 3. The molecule has 1 aromatic carbocycles. The van der Waals surface area contributed by atoms with E-state index in [1.165, 1.54) is 0 Å². The number of aromatic nitrogens is 1. The third kappa shape index (κ3) is 3.88. The van der Waals surface area contributed by atoms with Crippen molar-refractivity contribution < 1.29 is 9.21 Å². The minimum Gasteiger partial charge on any atom is -0.465 e. The average molecular weight is 413 g/mol. The van der Waals surface area contributed by atoms with Gasteiger partial charge in [-0.25, -0.2) is 0 Å². The molecule has 0 spiro atoms. The van der Waals surface area contributed by atoms with Gasteiger partial charge in [-0.2, -0.15) is 0 Å². The molecule has 0 aliphatic heterocycles. The maximum atomic E-state index is 13.3. The number of hydrogen-bond acceptors (Lipinski definition) is 3. The monoisotopic (exact) mass is 412 g/mol. The molecular formula is C21H21BrN2O2. The second kappa shape index (κ2) is 7.87. The molecule has 26 heavy (non-hydrogen) atoms. The molecule has 0 saturated carbocycles. The molecule has 2 heterocycles. The van der Waals surface area contributed by atoms with E-state index in [2.05, 4.69) is 40.0 Å². The summed E-state index contributed by atoms with van der Waals surface area (Å²) >= 11 is 3.50. The Kier molecular flexibility index (Phi) is 5.57. The highest BCUT2D eigenvalue weighted by molar-refractivity contribution is 9.10. The Morgan fingerprint density at radius 3 is 2.46 bits per heavy atom. The summed E-state index contributed by atoms with van der Waals surface area (Å²) in [6, 6.07) is 12.0. The fraction of sp³-hybridized carbons (Fsp3) is 0.238. The molecule has 0 aliphatic rings. The molecule has 3 rings (SSSR count). The van der Waals surface area contributed by atoms with Crippen LogP contribution in [0.25, 0.3) is 0 Å². The number of carbonyl (C=O) groups is 1. The number of pyridine rings is 1. The quantitative estimate of drug-likeness (QED) is 0.577. The van der Waals surface area contributed by atoms with Crippen molar-refractivity contribution in [2.24, 2.45) is 0 Å². The SMILES string of the molecule is Cc1ccccc1CN(Cc1cccnc1)C(=O)c1c(C)oc(C)c1Br. The Morgan fingerprint density at radius 1 is 1.08 bits per heavy atom. The highest BCUT2D eigenvalue weighted by Gasteiger charge is 2.25. The second-order valence-electron chi connectivity index (χ2n) is 6.35. The lowest BCUT2D eigenvalue weighted by Crippen LogP contribution is -2.31. The summed E-state index contributed by atoms with van der Waals surface area (Å²) in [6.07, 6.45) is 3.53. The van der Waals surface area contributed by atoms with Crippen LogP contribution in [0.5, 0.6) is 0 Å². The van der Waals surface area contributed by atoms with Crippen LogP contribution in [-0.4, -0.2) is 15.8 Å². The van der Waals surface area contributed by atoms with E-state index in [0.717, 1.165) is 21.2 Å². The van der Waals surface area contributed by atoms with Crippen molar-refractivity contribution in [3.05, 3.63) is 87.0 Å². The number of carbonyl (C=O) groups excluding carboxylic acids is 1. The number of hydrogen-bond donors (Lipinski definition) is 0. The van der Waals surface area contributed by atoms with Crippen LogP contribution < -0.4 is 0 Å². The first-order chi connectivity index (χ1) is 12.5. The number of benzene rings is 1. The van der Waals surface area contributed by atoms with Gasteiger partial charge in [-0.3, -0.25) is 9.78 Å². The number of rotatable bonds is 5. The van der Waals surface area contributed by atoms with Gasteiger partial charge < -0.3 is 9.32 Å². The molecule has 0 bridgehead atoms. The van der Waals surface area contributed by atoms with Crippen molar-refractivity contribution in [1.82, 2.24) is 9.88 Å². The van der Waals surface area contributed by atoms with Crippen LogP contribution in [-0.2, 0) is 13.1 Å². The van der Waals surface area contributed by atoms with Crippen LogP contribution in [0.15, 0.2) is 57.7 Å². The molecule has 0 radical (unpaired) electrons. The van der Waals surface area contributed by atoms with Crippen LogP contribution in [0.4, 0.5) is 0 Å². The molecule has 5 heteroatoms. The van der Waals surface area contributed by atoms with E-state index in [1.807, 2.05) is 43.0 Å². The van der Waals surface area contributed by atoms with Gasteiger partial charge >= 0.3 is 0 Å². The molecule has 0 N–H and O–H groups in total. The first-order valence-corrected chi connectivity index (χ1v) is 9.25. The van der Waals surface area contributed by atoms with Gasteiger partial charge in [-0.15, -0.1) is 0 Å². The molecule has 0 saturated heterocycles. The maximum absolute atomic E-state index is 13.3. The van der Waals surface area contributed by atoms with Gasteiger partial charge in [0, 0.05) is 25.5 Å². The Morgan fingerprint density at radius 2 is 1.85 bits per heavy atom. The van der Waals surface area contributed by atoms with Crippen LogP contribution in [0.2, 0.25) is 0 Å². The summed E-state index contributed by atoms with van der Waals surface area (Å²) in [5.41, 5.74) is 3.86. The summed E-state index contributed by atoms with van der Waals surface area (Å²) in [4.78, 5) is 19.3. The molecular weight excluding hydrogens is 392 g/mol. The van der Waals surface area contributed by atoms with Crippen LogP contribution in [0.1, 0.15) is 38.6 Å². The lowest BCUT2D eigenvalue weighted by atomic mass is 10.1. The Balaban J connectivity index is 1.96. The Bertz CT molecular complexity index is 919. The van der Waals surface area contributed by atoms with Crippen molar-refractivity contribution in [2.45, 2.75) is 33.9 Å². The van der Waals surface area contributed by atoms with E-state index in [9.17, 15) is 4.79 Å². The lowest BCUT2D eigenvalue weighted by molar-refractivity contribution is 0.0727. The van der Waals surface area contributed by atoms with Crippen LogP contribution in [0.3, 0.4) is 0 Å². The van der Waals surface area contributed by atoms with E-state index < -0.39 is 0 Å². The van der Waals surface area contributed by atoms with Crippen molar-refractivity contribution in [3.8, 4) is 0 Å². The van der Waals surface area contributed by atoms with Gasteiger partial charge in [0.05, 0.1) is 10.0 Å². The summed E-state index contributed by atoms with van der Waals surface area (Å²) in [5.74, 6) is 1.28.